The number of nitriles is 2. The van der Waals surface area contributed by atoms with Gasteiger partial charge in [0.1, 0.15) is 0 Å². The molecule has 0 spiro atoms. The number of para-hydroxylation sites is 1. The van der Waals surface area contributed by atoms with E-state index in [0.29, 0.717) is 23.3 Å². The van der Waals surface area contributed by atoms with Gasteiger partial charge in [-0.15, -0.1) is 6.58 Å². The summed E-state index contributed by atoms with van der Waals surface area (Å²) in [5.41, 5.74) is 4.14. The maximum absolute atomic E-state index is 9.36. The molecule has 0 saturated carbocycles. The predicted octanol–water partition coefficient (Wildman–Crippen LogP) is 5.05. The van der Waals surface area contributed by atoms with Crippen molar-refractivity contribution in [2.24, 2.45) is 0 Å². The Morgan fingerprint density at radius 1 is 1.04 bits per heavy atom. The Morgan fingerprint density at radius 2 is 1.75 bits per heavy atom. The Labute approximate surface area is 140 Å². The molecule has 3 nitrogen and oxygen atoms in total. The molecule has 0 aliphatic rings. The van der Waals surface area contributed by atoms with Crippen LogP contribution >= 0.6 is 0 Å². The van der Waals surface area contributed by atoms with Crippen LogP contribution in [0, 0.1) is 22.7 Å². The third-order valence-electron chi connectivity index (χ3n) is 4.12. The molecule has 0 atom stereocenters. The molecule has 114 valence electrons. The van der Waals surface area contributed by atoms with Crippen molar-refractivity contribution in [3.63, 3.8) is 0 Å². The molecule has 0 N–H and O–H groups in total. The van der Waals surface area contributed by atoms with Crippen LogP contribution in [0.2, 0.25) is 0 Å². The van der Waals surface area contributed by atoms with Crippen LogP contribution in [0.1, 0.15) is 11.1 Å². The fraction of sp³-hybridized carbons (Fsp3) is 0.0476. The van der Waals surface area contributed by atoms with E-state index in [2.05, 4.69) is 36.4 Å². The first-order valence-electron chi connectivity index (χ1n) is 7.47. The Morgan fingerprint density at radius 3 is 2.42 bits per heavy atom. The van der Waals surface area contributed by atoms with Gasteiger partial charge < -0.3 is 4.57 Å². The zero-order valence-electron chi connectivity index (χ0n) is 13.2. The molecule has 0 fully saturated rings. The summed E-state index contributed by atoms with van der Waals surface area (Å²) in [5.74, 6) is 0. The molecule has 0 bridgehead atoms. The topological polar surface area (TPSA) is 52.5 Å². The van der Waals surface area contributed by atoms with Crippen molar-refractivity contribution >= 4 is 33.0 Å². The minimum absolute atomic E-state index is 0.362. The van der Waals surface area contributed by atoms with Gasteiger partial charge in [-0.05, 0) is 23.8 Å². The molecular formula is C21H15N3. The highest BCUT2D eigenvalue weighted by atomic mass is 15.0. The number of hydrogen-bond donors (Lipinski definition) is 0. The first-order chi connectivity index (χ1) is 11.6. The van der Waals surface area contributed by atoms with Gasteiger partial charge in [0.15, 0.2) is 0 Å². The second-order valence-corrected chi connectivity index (χ2v) is 5.52. The molecule has 0 aliphatic heterocycles. The fourth-order valence-corrected chi connectivity index (χ4v) is 3.04. The third-order valence-corrected chi connectivity index (χ3v) is 4.12. The van der Waals surface area contributed by atoms with Crippen LogP contribution in [0.3, 0.4) is 0 Å². The van der Waals surface area contributed by atoms with Crippen molar-refractivity contribution in [2.75, 3.05) is 0 Å². The van der Waals surface area contributed by atoms with Gasteiger partial charge in [0, 0.05) is 28.4 Å². The van der Waals surface area contributed by atoms with Crippen molar-refractivity contribution in [1.82, 2.24) is 4.57 Å². The summed E-state index contributed by atoms with van der Waals surface area (Å²) < 4.78 is 2.12. The van der Waals surface area contributed by atoms with Gasteiger partial charge in [-0.3, -0.25) is 0 Å². The number of hydrogen-bond acceptors (Lipinski definition) is 2. The number of allylic oxidation sites excluding steroid dienone is 3. The highest BCUT2D eigenvalue weighted by molar-refractivity contribution is 6.13. The molecule has 24 heavy (non-hydrogen) atoms. The molecular weight excluding hydrogens is 294 g/mol. The van der Waals surface area contributed by atoms with E-state index >= 15 is 0 Å². The zero-order chi connectivity index (χ0) is 17.3. The minimum Gasteiger partial charge on any atom is -0.336 e. The number of aromatic nitrogens is 1. The molecule has 2 aromatic carbocycles. The maximum Gasteiger partial charge on any atom is 0.0992 e. The molecule has 1 heterocycles. The standard InChI is InChI=1S/C21H15N3/c1-4-9-24-20-8-6-5-7-17(20)19-11-16(14(2)12-22)10-18(21(19)24)15(3)13-23/h4-8,10-11H,1-3,9H2. The van der Waals surface area contributed by atoms with Crippen LogP contribution in [0.4, 0.5) is 0 Å². The van der Waals surface area contributed by atoms with E-state index in [1.54, 1.807) is 0 Å². The number of rotatable bonds is 4. The minimum atomic E-state index is 0.362. The molecule has 3 aromatic rings. The summed E-state index contributed by atoms with van der Waals surface area (Å²) in [7, 11) is 0. The lowest BCUT2D eigenvalue weighted by Gasteiger charge is -2.10. The van der Waals surface area contributed by atoms with E-state index in [4.69, 9.17) is 0 Å². The van der Waals surface area contributed by atoms with Crippen LogP contribution in [-0.4, -0.2) is 4.57 Å². The second-order valence-electron chi connectivity index (χ2n) is 5.52. The third kappa shape index (κ3) is 2.20. The highest BCUT2D eigenvalue weighted by Gasteiger charge is 2.17. The highest BCUT2D eigenvalue weighted by Crippen LogP contribution is 2.36. The van der Waals surface area contributed by atoms with Gasteiger partial charge in [0.25, 0.3) is 0 Å². The van der Waals surface area contributed by atoms with Gasteiger partial charge in [-0.1, -0.05) is 37.4 Å². The van der Waals surface area contributed by atoms with Gasteiger partial charge in [0.05, 0.1) is 28.8 Å². The Bertz CT molecular complexity index is 1100. The first kappa shape index (κ1) is 15.3. The van der Waals surface area contributed by atoms with E-state index in [1.165, 1.54) is 0 Å². The maximum atomic E-state index is 9.36. The lowest BCUT2D eigenvalue weighted by Crippen LogP contribution is -1.98. The van der Waals surface area contributed by atoms with Gasteiger partial charge in [-0.2, -0.15) is 10.5 Å². The number of benzene rings is 2. The van der Waals surface area contributed by atoms with Crippen LogP contribution in [0.15, 0.2) is 62.2 Å². The van der Waals surface area contributed by atoms with Crippen molar-refractivity contribution in [1.29, 1.82) is 10.5 Å². The molecule has 0 aliphatic carbocycles. The smallest absolute Gasteiger partial charge is 0.0992 e. The Hall–Kier alpha value is -3.56. The van der Waals surface area contributed by atoms with Crippen LogP contribution in [0.25, 0.3) is 33.0 Å². The van der Waals surface area contributed by atoms with Gasteiger partial charge in [0.2, 0.25) is 0 Å². The fourth-order valence-electron chi connectivity index (χ4n) is 3.04. The molecule has 3 rings (SSSR count). The molecule has 0 saturated heterocycles. The molecule has 0 unspecified atom stereocenters. The zero-order valence-corrected chi connectivity index (χ0v) is 13.2. The van der Waals surface area contributed by atoms with E-state index in [9.17, 15) is 10.5 Å². The quantitative estimate of drug-likeness (QED) is 0.500. The SMILES string of the molecule is C=CCn1c2ccccc2c2cc(C(=C)C#N)cc(C(=C)C#N)c21. The lowest BCUT2D eigenvalue weighted by atomic mass is 9.97. The molecule has 0 radical (unpaired) electrons. The Balaban J connectivity index is 2.57. The summed E-state index contributed by atoms with van der Waals surface area (Å²) in [6.45, 7) is 12.1. The van der Waals surface area contributed by atoms with Crippen molar-refractivity contribution < 1.29 is 0 Å². The van der Waals surface area contributed by atoms with Crippen LogP contribution in [-0.2, 0) is 6.54 Å². The summed E-state index contributed by atoms with van der Waals surface area (Å²) in [4.78, 5) is 0. The summed E-state index contributed by atoms with van der Waals surface area (Å²) in [5, 5.41) is 20.6. The van der Waals surface area contributed by atoms with Gasteiger partial charge in [-0.25, -0.2) is 0 Å². The molecule has 3 heteroatoms. The Kier molecular flexibility index (Phi) is 3.78. The van der Waals surface area contributed by atoms with E-state index < -0.39 is 0 Å². The van der Waals surface area contributed by atoms with Crippen LogP contribution < -0.4 is 0 Å². The van der Waals surface area contributed by atoms with E-state index in [0.717, 1.165) is 27.4 Å². The van der Waals surface area contributed by atoms with Crippen LogP contribution in [0.5, 0.6) is 0 Å². The normalized spacial score (nSPS) is 10.2. The average molecular weight is 309 g/mol. The van der Waals surface area contributed by atoms with Crippen molar-refractivity contribution in [2.45, 2.75) is 6.54 Å². The lowest BCUT2D eigenvalue weighted by molar-refractivity contribution is 0.900. The predicted molar refractivity (Wildman–Crippen MR) is 98.9 cm³/mol. The summed E-state index contributed by atoms with van der Waals surface area (Å²) in [6, 6.07) is 16.0. The number of nitrogens with zero attached hydrogens (tertiary/aromatic N) is 3. The van der Waals surface area contributed by atoms with E-state index in [1.807, 2.05) is 42.5 Å². The summed E-state index contributed by atoms with van der Waals surface area (Å²) >= 11 is 0. The first-order valence-corrected chi connectivity index (χ1v) is 7.47. The summed E-state index contributed by atoms with van der Waals surface area (Å²) in [6.07, 6.45) is 1.83. The monoisotopic (exact) mass is 309 g/mol. The number of fused-ring (bicyclic) bond motifs is 3. The van der Waals surface area contributed by atoms with Crippen molar-refractivity contribution in [3.8, 4) is 12.1 Å². The molecule has 1 aromatic heterocycles. The second kappa shape index (κ2) is 5.91. The average Bonchev–Trinajstić information content (AvgIpc) is 2.94. The van der Waals surface area contributed by atoms with Gasteiger partial charge >= 0.3 is 0 Å². The van der Waals surface area contributed by atoms with Crippen molar-refractivity contribution in [3.05, 3.63) is 73.3 Å². The molecule has 0 amide bonds. The van der Waals surface area contributed by atoms with E-state index in [-0.39, 0.29) is 0 Å². The largest absolute Gasteiger partial charge is 0.336 e.